The summed E-state index contributed by atoms with van der Waals surface area (Å²) in [5, 5.41) is 20.6. The fourth-order valence-electron chi connectivity index (χ4n) is 1.60. The Balaban J connectivity index is 2.25. The number of rotatable bonds is 4. The molecule has 0 aliphatic carbocycles. The lowest BCUT2D eigenvalue weighted by atomic mass is 10.2. The molecule has 0 atom stereocenters. The normalized spacial score (nSPS) is 9.60. The van der Waals surface area contributed by atoms with Gasteiger partial charge in [-0.1, -0.05) is 0 Å². The predicted octanol–water partition coefficient (Wildman–Crippen LogP) is 2.40. The van der Waals surface area contributed by atoms with Gasteiger partial charge in [-0.05, 0) is 24.3 Å². The highest BCUT2D eigenvalue weighted by atomic mass is 16.5. The molecule has 1 heterocycles. The second kappa shape index (κ2) is 5.71. The number of pyridine rings is 1. The molecule has 0 fully saturated rings. The third-order valence-electron chi connectivity index (χ3n) is 2.60. The SMILES string of the molecule is COc1cc(C#N)ccc1Nc1ccc(C(=O)O)cn1. The number of nitrogens with zero attached hydrogens (tertiary/aromatic N) is 2. The van der Waals surface area contributed by atoms with E-state index in [2.05, 4.69) is 10.3 Å². The lowest BCUT2D eigenvalue weighted by molar-refractivity contribution is 0.0696. The van der Waals surface area contributed by atoms with E-state index < -0.39 is 5.97 Å². The van der Waals surface area contributed by atoms with Crippen molar-refractivity contribution in [3.63, 3.8) is 0 Å². The number of ether oxygens (including phenoxy) is 1. The summed E-state index contributed by atoms with van der Waals surface area (Å²) in [6, 6.07) is 9.99. The van der Waals surface area contributed by atoms with Crippen LogP contribution in [0, 0.1) is 11.3 Å². The van der Waals surface area contributed by atoms with Crippen molar-refractivity contribution in [3.8, 4) is 11.8 Å². The molecule has 0 saturated carbocycles. The molecule has 20 heavy (non-hydrogen) atoms. The Bertz CT molecular complexity index is 675. The number of hydrogen-bond acceptors (Lipinski definition) is 5. The minimum atomic E-state index is -1.03. The van der Waals surface area contributed by atoms with Crippen molar-refractivity contribution in [2.75, 3.05) is 12.4 Å². The van der Waals surface area contributed by atoms with Crippen LogP contribution in [-0.4, -0.2) is 23.2 Å². The second-order valence-electron chi connectivity index (χ2n) is 3.89. The van der Waals surface area contributed by atoms with E-state index in [1.165, 1.54) is 19.4 Å². The number of methoxy groups -OCH3 is 1. The van der Waals surface area contributed by atoms with Gasteiger partial charge in [0.25, 0.3) is 0 Å². The van der Waals surface area contributed by atoms with Gasteiger partial charge in [0.1, 0.15) is 11.6 Å². The van der Waals surface area contributed by atoms with Crippen molar-refractivity contribution in [3.05, 3.63) is 47.7 Å². The van der Waals surface area contributed by atoms with Gasteiger partial charge in [-0.25, -0.2) is 9.78 Å². The Morgan fingerprint density at radius 1 is 1.40 bits per heavy atom. The number of nitriles is 1. The topological polar surface area (TPSA) is 95.2 Å². The Morgan fingerprint density at radius 2 is 2.20 bits per heavy atom. The molecule has 0 aliphatic rings. The number of carboxylic acid groups (broad SMARTS) is 1. The lowest BCUT2D eigenvalue weighted by Gasteiger charge is -2.10. The number of carboxylic acids is 1. The van der Waals surface area contributed by atoms with Crippen molar-refractivity contribution in [1.29, 1.82) is 5.26 Å². The zero-order valence-electron chi connectivity index (χ0n) is 10.6. The first-order valence-electron chi connectivity index (χ1n) is 5.68. The first kappa shape index (κ1) is 13.4. The average Bonchev–Trinajstić information content (AvgIpc) is 2.48. The maximum atomic E-state index is 10.7. The molecule has 2 N–H and O–H groups in total. The van der Waals surface area contributed by atoms with Gasteiger partial charge < -0.3 is 15.2 Å². The van der Waals surface area contributed by atoms with Crippen molar-refractivity contribution < 1.29 is 14.6 Å². The first-order valence-corrected chi connectivity index (χ1v) is 5.68. The summed E-state index contributed by atoms with van der Waals surface area (Å²) in [6.45, 7) is 0. The van der Waals surface area contributed by atoms with E-state index >= 15 is 0 Å². The zero-order valence-corrected chi connectivity index (χ0v) is 10.6. The maximum absolute atomic E-state index is 10.7. The van der Waals surface area contributed by atoms with E-state index in [-0.39, 0.29) is 5.56 Å². The maximum Gasteiger partial charge on any atom is 0.337 e. The Kier molecular flexibility index (Phi) is 3.82. The minimum Gasteiger partial charge on any atom is -0.495 e. The van der Waals surface area contributed by atoms with Crippen LogP contribution in [0.5, 0.6) is 5.75 Å². The lowest BCUT2D eigenvalue weighted by Crippen LogP contribution is -2.00. The van der Waals surface area contributed by atoms with E-state index in [9.17, 15) is 4.79 Å². The minimum absolute atomic E-state index is 0.113. The smallest absolute Gasteiger partial charge is 0.337 e. The standard InChI is InChI=1S/C14H11N3O3/c1-20-12-6-9(7-15)2-4-11(12)17-13-5-3-10(8-16-13)14(18)19/h2-6,8H,1H3,(H,16,17)(H,18,19). The van der Waals surface area contributed by atoms with Crippen molar-refractivity contribution in [2.45, 2.75) is 0 Å². The first-order chi connectivity index (χ1) is 9.63. The number of aromatic carboxylic acids is 1. The Hall–Kier alpha value is -3.07. The summed E-state index contributed by atoms with van der Waals surface area (Å²) in [6.07, 6.45) is 1.26. The summed E-state index contributed by atoms with van der Waals surface area (Å²) >= 11 is 0. The second-order valence-corrected chi connectivity index (χ2v) is 3.89. The highest BCUT2D eigenvalue weighted by molar-refractivity contribution is 5.87. The van der Waals surface area contributed by atoms with E-state index in [0.717, 1.165) is 0 Å². The summed E-state index contributed by atoms with van der Waals surface area (Å²) in [5.41, 5.74) is 1.24. The van der Waals surface area contributed by atoms with Crippen molar-refractivity contribution >= 4 is 17.5 Å². The quantitative estimate of drug-likeness (QED) is 0.884. The molecule has 0 amide bonds. The van der Waals surface area contributed by atoms with Crippen LogP contribution in [-0.2, 0) is 0 Å². The number of anilines is 2. The molecule has 0 bridgehead atoms. The van der Waals surface area contributed by atoms with Crippen LogP contribution in [0.4, 0.5) is 11.5 Å². The highest BCUT2D eigenvalue weighted by Gasteiger charge is 2.07. The van der Waals surface area contributed by atoms with Crippen molar-refractivity contribution in [1.82, 2.24) is 4.98 Å². The van der Waals surface area contributed by atoms with E-state index in [4.69, 9.17) is 15.1 Å². The number of nitrogens with one attached hydrogen (secondary N) is 1. The fourth-order valence-corrected chi connectivity index (χ4v) is 1.60. The monoisotopic (exact) mass is 269 g/mol. The summed E-state index contributed by atoms with van der Waals surface area (Å²) < 4.78 is 5.19. The Morgan fingerprint density at radius 3 is 2.75 bits per heavy atom. The van der Waals surface area contributed by atoms with Gasteiger partial charge in [-0.3, -0.25) is 0 Å². The van der Waals surface area contributed by atoms with Gasteiger partial charge in [0.05, 0.1) is 30.0 Å². The van der Waals surface area contributed by atoms with E-state index in [1.807, 2.05) is 6.07 Å². The molecule has 0 saturated heterocycles. The molecular weight excluding hydrogens is 258 g/mol. The highest BCUT2D eigenvalue weighted by Crippen LogP contribution is 2.27. The molecule has 100 valence electrons. The van der Waals surface area contributed by atoms with Crippen LogP contribution in [0.25, 0.3) is 0 Å². The largest absolute Gasteiger partial charge is 0.495 e. The molecule has 0 radical (unpaired) electrons. The van der Waals surface area contributed by atoms with Crippen LogP contribution >= 0.6 is 0 Å². The van der Waals surface area contributed by atoms with E-state index in [1.54, 1.807) is 24.3 Å². The average molecular weight is 269 g/mol. The van der Waals surface area contributed by atoms with Crippen LogP contribution < -0.4 is 10.1 Å². The molecule has 6 nitrogen and oxygen atoms in total. The summed E-state index contributed by atoms with van der Waals surface area (Å²) in [5.74, 6) is -0.0360. The Labute approximate surface area is 115 Å². The summed E-state index contributed by atoms with van der Waals surface area (Å²) in [7, 11) is 1.50. The number of benzene rings is 1. The molecule has 0 spiro atoms. The fraction of sp³-hybridized carbons (Fsp3) is 0.0714. The molecule has 6 heteroatoms. The van der Waals surface area contributed by atoms with Gasteiger partial charge in [-0.15, -0.1) is 0 Å². The zero-order chi connectivity index (χ0) is 14.5. The van der Waals surface area contributed by atoms with Gasteiger partial charge in [-0.2, -0.15) is 5.26 Å². The third-order valence-corrected chi connectivity index (χ3v) is 2.60. The molecule has 2 rings (SSSR count). The van der Waals surface area contributed by atoms with Gasteiger partial charge >= 0.3 is 5.97 Å². The van der Waals surface area contributed by atoms with Crippen LogP contribution in [0.15, 0.2) is 36.5 Å². The summed E-state index contributed by atoms with van der Waals surface area (Å²) in [4.78, 5) is 14.7. The molecule has 0 unspecified atom stereocenters. The van der Waals surface area contributed by atoms with Crippen LogP contribution in [0.2, 0.25) is 0 Å². The number of aromatic nitrogens is 1. The number of carbonyl (C=O) groups is 1. The predicted molar refractivity (Wildman–Crippen MR) is 72.2 cm³/mol. The molecule has 1 aromatic heterocycles. The molecule has 2 aromatic rings. The van der Waals surface area contributed by atoms with Crippen LogP contribution in [0.1, 0.15) is 15.9 Å². The molecule has 1 aromatic carbocycles. The van der Waals surface area contributed by atoms with Gasteiger partial charge in [0.15, 0.2) is 0 Å². The third kappa shape index (κ3) is 2.84. The molecular formula is C14H11N3O3. The van der Waals surface area contributed by atoms with Gasteiger partial charge in [0.2, 0.25) is 0 Å². The molecule has 0 aliphatic heterocycles. The van der Waals surface area contributed by atoms with Crippen molar-refractivity contribution in [2.24, 2.45) is 0 Å². The van der Waals surface area contributed by atoms with Gasteiger partial charge in [0, 0.05) is 12.3 Å². The van der Waals surface area contributed by atoms with Crippen LogP contribution in [0.3, 0.4) is 0 Å². The number of hydrogen-bond donors (Lipinski definition) is 2. The van der Waals surface area contributed by atoms with E-state index in [0.29, 0.717) is 22.8 Å².